The van der Waals surface area contributed by atoms with Crippen molar-refractivity contribution in [3.63, 3.8) is 0 Å². The highest BCUT2D eigenvalue weighted by atomic mass is 16.1. The molecule has 0 radical (unpaired) electrons. The van der Waals surface area contributed by atoms with Gasteiger partial charge in [0.2, 0.25) is 5.91 Å². The van der Waals surface area contributed by atoms with Crippen LogP contribution in [0.4, 0.5) is 0 Å². The van der Waals surface area contributed by atoms with Crippen molar-refractivity contribution in [3.05, 3.63) is 24.0 Å². The van der Waals surface area contributed by atoms with Crippen LogP contribution >= 0.6 is 0 Å². The molecule has 1 aromatic heterocycles. The molecule has 3 N–H and O–H groups in total. The maximum atomic E-state index is 11.2. The van der Waals surface area contributed by atoms with E-state index in [9.17, 15) is 4.79 Å². The van der Waals surface area contributed by atoms with Gasteiger partial charge in [-0.3, -0.25) is 4.79 Å². The van der Waals surface area contributed by atoms with E-state index in [0.717, 1.165) is 26.1 Å². The van der Waals surface area contributed by atoms with Gasteiger partial charge in [-0.1, -0.05) is 13.8 Å². The zero-order valence-corrected chi connectivity index (χ0v) is 10.0. The molecule has 1 aromatic rings. The lowest BCUT2D eigenvalue weighted by atomic mass is 10.2. The van der Waals surface area contributed by atoms with Crippen molar-refractivity contribution < 1.29 is 4.79 Å². The van der Waals surface area contributed by atoms with Crippen LogP contribution in [-0.2, 0) is 11.3 Å². The molecule has 0 spiro atoms. The van der Waals surface area contributed by atoms with Gasteiger partial charge in [0.25, 0.3) is 0 Å². The first-order valence-electron chi connectivity index (χ1n) is 5.80. The highest BCUT2D eigenvalue weighted by Gasteiger charge is 2.04. The second-order valence-electron chi connectivity index (χ2n) is 4.20. The highest BCUT2D eigenvalue weighted by Crippen LogP contribution is 1.94. The van der Waals surface area contributed by atoms with E-state index in [1.54, 1.807) is 0 Å². The number of carbonyl (C=O) groups excluding carboxylic acids is 1. The van der Waals surface area contributed by atoms with E-state index < -0.39 is 0 Å². The predicted molar refractivity (Wildman–Crippen MR) is 65.0 cm³/mol. The van der Waals surface area contributed by atoms with Gasteiger partial charge in [0.05, 0.1) is 0 Å². The van der Waals surface area contributed by atoms with Gasteiger partial charge in [-0.15, -0.1) is 0 Å². The van der Waals surface area contributed by atoms with Crippen molar-refractivity contribution in [2.24, 2.45) is 5.92 Å². The first-order chi connectivity index (χ1) is 7.70. The van der Waals surface area contributed by atoms with Crippen molar-refractivity contribution >= 4 is 5.91 Å². The molecule has 0 fully saturated rings. The standard InChI is InChI=1S/C12H21N3O/c1-10(2)12(16)15-6-3-5-13-8-11-4-7-14-9-11/h4,7,9-10,13-14H,3,5-6,8H2,1-2H3,(H,15,16). The second kappa shape index (κ2) is 7.06. The first-order valence-corrected chi connectivity index (χ1v) is 5.80. The number of hydrogen-bond acceptors (Lipinski definition) is 2. The summed E-state index contributed by atoms with van der Waals surface area (Å²) in [5, 5.41) is 6.21. The van der Waals surface area contributed by atoms with Gasteiger partial charge in [0.15, 0.2) is 0 Å². The minimum absolute atomic E-state index is 0.0767. The molecule has 0 saturated carbocycles. The Balaban J connectivity index is 1.94. The average Bonchev–Trinajstić information content (AvgIpc) is 2.75. The third-order valence-corrected chi connectivity index (χ3v) is 2.35. The van der Waals surface area contributed by atoms with Crippen LogP contribution in [0.5, 0.6) is 0 Å². The van der Waals surface area contributed by atoms with Crippen molar-refractivity contribution in [2.45, 2.75) is 26.8 Å². The molecule has 0 aliphatic rings. The van der Waals surface area contributed by atoms with Gasteiger partial charge >= 0.3 is 0 Å². The number of aromatic nitrogens is 1. The molecule has 1 amide bonds. The number of hydrogen-bond donors (Lipinski definition) is 3. The lowest BCUT2D eigenvalue weighted by molar-refractivity contribution is -0.123. The van der Waals surface area contributed by atoms with E-state index in [0.29, 0.717) is 0 Å². The van der Waals surface area contributed by atoms with E-state index in [1.165, 1.54) is 5.56 Å². The Morgan fingerprint density at radius 1 is 1.44 bits per heavy atom. The molecule has 0 saturated heterocycles. The summed E-state index contributed by atoms with van der Waals surface area (Å²) in [6.45, 7) is 6.35. The molecule has 0 aliphatic carbocycles. The van der Waals surface area contributed by atoms with Gasteiger partial charge in [-0.25, -0.2) is 0 Å². The smallest absolute Gasteiger partial charge is 0.222 e. The third-order valence-electron chi connectivity index (χ3n) is 2.35. The molecule has 0 atom stereocenters. The molecular weight excluding hydrogens is 202 g/mol. The van der Waals surface area contributed by atoms with Crippen LogP contribution in [0.25, 0.3) is 0 Å². The Labute approximate surface area is 96.8 Å². The van der Waals surface area contributed by atoms with Crippen molar-refractivity contribution in [1.82, 2.24) is 15.6 Å². The van der Waals surface area contributed by atoms with E-state index in [1.807, 2.05) is 32.3 Å². The van der Waals surface area contributed by atoms with Gasteiger partial charge in [-0.05, 0) is 24.6 Å². The Morgan fingerprint density at radius 2 is 2.25 bits per heavy atom. The monoisotopic (exact) mass is 223 g/mol. The fourth-order valence-corrected chi connectivity index (χ4v) is 1.33. The number of H-pyrrole nitrogens is 1. The van der Waals surface area contributed by atoms with Crippen molar-refractivity contribution in [2.75, 3.05) is 13.1 Å². The summed E-state index contributed by atoms with van der Waals surface area (Å²) >= 11 is 0. The van der Waals surface area contributed by atoms with Gasteiger partial charge in [0, 0.05) is 31.4 Å². The average molecular weight is 223 g/mol. The molecule has 1 heterocycles. The number of amides is 1. The fraction of sp³-hybridized carbons (Fsp3) is 0.583. The molecule has 0 bridgehead atoms. The van der Waals surface area contributed by atoms with Crippen LogP contribution in [0, 0.1) is 5.92 Å². The summed E-state index contributed by atoms with van der Waals surface area (Å²) in [7, 11) is 0. The van der Waals surface area contributed by atoms with Gasteiger partial charge in [0.1, 0.15) is 0 Å². The molecule has 16 heavy (non-hydrogen) atoms. The molecule has 90 valence electrons. The van der Waals surface area contributed by atoms with Crippen LogP contribution < -0.4 is 10.6 Å². The Kier molecular flexibility index (Phi) is 5.64. The lowest BCUT2D eigenvalue weighted by Gasteiger charge is -2.07. The fourth-order valence-electron chi connectivity index (χ4n) is 1.33. The lowest BCUT2D eigenvalue weighted by Crippen LogP contribution is -2.30. The largest absolute Gasteiger partial charge is 0.367 e. The van der Waals surface area contributed by atoms with Crippen LogP contribution in [0.2, 0.25) is 0 Å². The summed E-state index contributed by atoms with van der Waals surface area (Å²) in [6, 6.07) is 2.05. The summed E-state index contributed by atoms with van der Waals surface area (Å²) < 4.78 is 0. The molecule has 4 nitrogen and oxygen atoms in total. The minimum Gasteiger partial charge on any atom is -0.367 e. The summed E-state index contributed by atoms with van der Waals surface area (Å²) in [5.41, 5.74) is 1.26. The van der Waals surface area contributed by atoms with Gasteiger partial charge in [-0.2, -0.15) is 0 Å². The Morgan fingerprint density at radius 3 is 2.88 bits per heavy atom. The van der Waals surface area contributed by atoms with Crippen molar-refractivity contribution in [1.29, 1.82) is 0 Å². The molecule has 4 heteroatoms. The van der Waals surface area contributed by atoms with E-state index in [2.05, 4.69) is 15.6 Å². The second-order valence-corrected chi connectivity index (χ2v) is 4.20. The summed E-state index contributed by atoms with van der Waals surface area (Å²) in [4.78, 5) is 14.2. The zero-order chi connectivity index (χ0) is 11.8. The zero-order valence-electron chi connectivity index (χ0n) is 10.0. The van der Waals surface area contributed by atoms with Crippen LogP contribution in [-0.4, -0.2) is 24.0 Å². The molecular formula is C12H21N3O. The summed E-state index contributed by atoms with van der Waals surface area (Å²) in [5.74, 6) is 0.207. The third kappa shape index (κ3) is 4.98. The van der Waals surface area contributed by atoms with E-state index >= 15 is 0 Å². The molecule has 1 rings (SSSR count). The molecule has 0 aliphatic heterocycles. The SMILES string of the molecule is CC(C)C(=O)NCCCNCc1cc[nH]c1. The summed E-state index contributed by atoms with van der Waals surface area (Å²) in [6.07, 6.45) is 4.86. The highest BCUT2D eigenvalue weighted by molar-refractivity contribution is 5.77. The number of aromatic amines is 1. The van der Waals surface area contributed by atoms with E-state index in [-0.39, 0.29) is 11.8 Å². The number of rotatable bonds is 7. The predicted octanol–water partition coefficient (Wildman–Crippen LogP) is 1.27. The van der Waals surface area contributed by atoms with Crippen molar-refractivity contribution in [3.8, 4) is 0 Å². The van der Waals surface area contributed by atoms with Crippen LogP contribution in [0.1, 0.15) is 25.8 Å². The molecule has 0 aromatic carbocycles. The quantitative estimate of drug-likeness (QED) is 0.610. The maximum absolute atomic E-state index is 11.2. The topological polar surface area (TPSA) is 56.9 Å². The normalized spacial score (nSPS) is 10.7. The van der Waals surface area contributed by atoms with Crippen LogP contribution in [0.3, 0.4) is 0 Å². The van der Waals surface area contributed by atoms with Crippen LogP contribution in [0.15, 0.2) is 18.5 Å². The Bertz CT molecular complexity index is 293. The maximum Gasteiger partial charge on any atom is 0.222 e. The molecule has 0 unspecified atom stereocenters. The van der Waals surface area contributed by atoms with E-state index in [4.69, 9.17) is 0 Å². The minimum atomic E-state index is 0.0767. The van der Waals surface area contributed by atoms with Gasteiger partial charge < -0.3 is 15.6 Å². The number of nitrogens with one attached hydrogen (secondary N) is 3. The number of carbonyl (C=O) groups is 1. The Hall–Kier alpha value is -1.29. The first kappa shape index (κ1) is 12.8.